The lowest BCUT2D eigenvalue weighted by Gasteiger charge is -2.04. The number of rotatable bonds is 3. The Hall–Kier alpha value is -1.51. The number of aromatic nitrogens is 3. The van der Waals surface area contributed by atoms with Gasteiger partial charge in [0.2, 0.25) is 0 Å². The second-order valence-electron chi connectivity index (χ2n) is 2.98. The van der Waals surface area contributed by atoms with E-state index < -0.39 is 0 Å². The minimum Gasteiger partial charge on any atom is -0.347 e. The molecule has 0 aliphatic heterocycles. The summed E-state index contributed by atoms with van der Waals surface area (Å²) in [7, 11) is 0. The molecule has 2 aromatic rings. The van der Waals surface area contributed by atoms with Crippen LogP contribution >= 0.6 is 0 Å². The van der Waals surface area contributed by atoms with Gasteiger partial charge >= 0.3 is 0 Å². The summed E-state index contributed by atoms with van der Waals surface area (Å²) in [6, 6.07) is 4.05. The van der Waals surface area contributed by atoms with Gasteiger partial charge in [-0.05, 0) is 19.1 Å². The Balaban J connectivity index is 2.18. The molecule has 13 heavy (non-hydrogen) atoms. The van der Waals surface area contributed by atoms with E-state index in [9.17, 15) is 0 Å². The Morgan fingerprint density at radius 2 is 2.00 bits per heavy atom. The smallest absolute Gasteiger partial charge is 0.128 e. The van der Waals surface area contributed by atoms with E-state index in [2.05, 4.69) is 33.4 Å². The highest BCUT2D eigenvalue weighted by Gasteiger charge is 2.00. The molecule has 0 radical (unpaired) electrons. The van der Waals surface area contributed by atoms with Crippen LogP contribution in [0.1, 0.15) is 12.7 Å². The van der Waals surface area contributed by atoms with Gasteiger partial charge in [0, 0.05) is 31.3 Å². The molecule has 3 heteroatoms. The van der Waals surface area contributed by atoms with E-state index in [-0.39, 0.29) is 0 Å². The first-order valence-corrected chi connectivity index (χ1v) is 4.51. The monoisotopic (exact) mass is 175 g/mol. The minimum absolute atomic E-state index is 0.855. The zero-order valence-corrected chi connectivity index (χ0v) is 7.72. The van der Waals surface area contributed by atoms with Crippen LogP contribution in [0.4, 0.5) is 0 Å². The molecule has 0 aliphatic rings. The summed E-state index contributed by atoms with van der Waals surface area (Å²) in [5, 5.41) is 0. The molecule has 0 saturated heterocycles. The summed E-state index contributed by atoms with van der Waals surface area (Å²) in [6.07, 6.45) is 7.96. The Morgan fingerprint density at radius 3 is 2.69 bits per heavy atom. The highest BCUT2D eigenvalue weighted by molar-refractivity contribution is 4.97. The van der Waals surface area contributed by atoms with Crippen LogP contribution in [0, 0.1) is 0 Å². The zero-order valence-electron chi connectivity index (χ0n) is 7.72. The molecule has 2 aromatic heterocycles. The summed E-state index contributed by atoms with van der Waals surface area (Å²) < 4.78 is 4.27. The Bertz CT molecular complexity index is 359. The summed E-state index contributed by atoms with van der Waals surface area (Å²) >= 11 is 0. The van der Waals surface area contributed by atoms with E-state index in [1.165, 1.54) is 0 Å². The van der Waals surface area contributed by atoms with Crippen molar-refractivity contribution in [2.24, 2.45) is 0 Å². The van der Waals surface area contributed by atoms with Crippen molar-refractivity contribution in [2.45, 2.75) is 20.0 Å². The molecule has 0 atom stereocenters. The van der Waals surface area contributed by atoms with Crippen LogP contribution in [-0.2, 0) is 13.1 Å². The lowest BCUT2D eigenvalue weighted by atomic mass is 10.5. The number of aryl methyl sites for hydroxylation is 1. The average Bonchev–Trinajstić information content (AvgIpc) is 2.76. The molecule has 3 nitrogen and oxygen atoms in total. The van der Waals surface area contributed by atoms with Gasteiger partial charge < -0.3 is 9.13 Å². The Kier molecular flexibility index (Phi) is 2.17. The molecule has 0 aliphatic carbocycles. The molecule has 68 valence electrons. The van der Waals surface area contributed by atoms with Crippen molar-refractivity contribution in [1.29, 1.82) is 0 Å². The van der Waals surface area contributed by atoms with Gasteiger partial charge in [0.25, 0.3) is 0 Å². The van der Waals surface area contributed by atoms with Gasteiger partial charge in [-0.1, -0.05) is 0 Å². The largest absolute Gasteiger partial charge is 0.347 e. The van der Waals surface area contributed by atoms with Crippen LogP contribution in [0.5, 0.6) is 0 Å². The number of hydrogen-bond acceptors (Lipinski definition) is 1. The topological polar surface area (TPSA) is 22.8 Å². The van der Waals surface area contributed by atoms with Crippen molar-refractivity contribution in [1.82, 2.24) is 14.1 Å². The van der Waals surface area contributed by atoms with Crippen LogP contribution in [0.15, 0.2) is 36.9 Å². The molecule has 0 saturated carbocycles. The predicted octanol–water partition coefficient (Wildman–Crippen LogP) is 1.75. The lowest BCUT2D eigenvalue weighted by molar-refractivity contribution is 0.653. The summed E-state index contributed by atoms with van der Waals surface area (Å²) in [6.45, 7) is 3.96. The molecule has 2 rings (SSSR count). The van der Waals surface area contributed by atoms with Crippen LogP contribution in [-0.4, -0.2) is 14.1 Å². The number of nitrogens with zero attached hydrogens (tertiary/aromatic N) is 3. The minimum atomic E-state index is 0.855. The lowest BCUT2D eigenvalue weighted by Crippen LogP contribution is -2.05. The van der Waals surface area contributed by atoms with Gasteiger partial charge in [-0.25, -0.2) is 4.98 Å². The van der Waals surface area contributed by atoms with Crippen molar-refractivity contribution in [2.75, 3.05) is 0 Å². The van der Waals surface area contributed by atoms with Crippen molar-refractivity contribution >= 4 is 0 Å². The fourth-order valence-electron chi connectivity index (χ4n) is 1.42. The van der Waals surface area contributed by atoms with Gasteiger partial charge in [-0.3, -0.25) is 0 Å². The van der Waals surface area contributed by atoms with E-state index >= 15 is 0 Å². The Labute approximate surface area is 77.6 Å². The van der Waals surface area contributed by atoms with Crippen LogP contribution in [0.2, 0.25) is 0 Å². The van der Waals surface area contributed by atoms with Crippen molar-refractivity contribution in [3.8, 4) is 0 Å². The third-order valence-electron chi connectivity index (χ3n) is 2.13. The first kappa shape index (κ1) is 8.10. The van der Waals surface area contributed by atoms with E-state index in [0.29, 0.717) is 0 Å². The van der Waals surface area contributed by atoms with Gasteiger partial charge in [0.1, 0.15) is 5.82 Å². The van der Waals surface area contributed by atoms with E-state index in [4.69, 9.17) is 0 Å². The molecule has 0 fully saturated rings. The van der Waals surface area contributed by atoms with E-state index in [0.717, 1.165) is 18.9 Å². The number of imidazole rings is 1. The van der Waals surface area contributed by atoms with Gasteiger partial charge in [0.15, 0.2) is 0 Å². The van der Waals surface area contributed by atoms with Crippen LogP contribution in [0.3, 0.4) is 0 Å². The highest BCUT2D eigenvalue weighted by atomic mass is 15.1. The maximum absolute atomic E-state index is 4.30. The number of hydrogen-bond donors (Lipinski definition) is 0. The predicted molar refractivity (Wildman–Crippen MR) is 51.4 cm³/mol. The quantitative estimate of drug-likeness (QED) is 0.697. The standard InChI is InChI=1S/C10H13N3/c1-2-13-8-5-11-10(13)9-12-6-3-4-7-12/h3-8H,2,9H2,1H3. The maximum atomic E-state index is 4.30. The van der Waals surface area contributed by atoms with Crippen molar-refractivity contribution in [3.05, 3.63) is 42.7 Å². The van der Waals surface area contributed by atoms with Gasteiger partial charge in [-0.2, -0.15) is 0 Å². The van der Waals surface area contributed by atoms with Crippen LogP contribution < -0.4 is 0 Å². The first-order chi connectivity index (χ1) is 6.40. The summed E-state index contributed by atoms with van der Waals surface area (Å²) in [5.41, 5.74) is 0. The van der Waals surface area contributed by atoms with E-state index in [1.807, 2.05) is 24.5 Å². The molecule has 0 aromatic carbocycles. The van der Waals surface area contributed by atoms with Crippen molar-refractivity contribution < 1.29 is 0 Å². The highest BCUT2D eigenvalue weighted by Crippen LogP contribution is 2.01. The molecule has 2 heterocycles. The van der Waals surface area contributed by atoms with Gasteiger partial charge in [-0.15, -0.1) is 0 Å². The van der Waals surface area contributed by atoms with E-state index in [1.54, 1.807) is 0 Å². The van der Waals surface area contributed by atoms with Crippen LogP contribution in [0.25, 0.3) is 0 Å². The molecule has 0 unspecified atom stereocenters. The van der Waals surface area contributed by atoms with Crippen molar-refractivity contribution in [3.63, 3.8) is 0 Å². The molecule has 0 spiro atoms. The average molecular weight is 175 g/mol. The van der Waals surface area contributed by atoms with Gasteiger partial charge in [0.05, 0.1) is 6.54 Å². The second kappa shape index (κ2) is 3.47. The zero-order chi connectivity index (χ0) is 9.10. The summed E-state index contributed by atoms with van der Waals surface area (Å²) in [5.74, 6) is 1.11. The fraction of sp³-hybridized carbons (Fsp3) is 0.300. The summed E-state index contributed by atoms with van der Waals surface area (Å²) in [4.78, 5) is 4.30. The molecule has 0 amide bonds. The maximum Gasteiger partial charge on any atom is 0.128 e. The SMILES string of the molecule is CCn1ccnc1Cn1cccc1. The third kappa shape index (κ3) is 1.64. The molecule has 0 N–H and O–H groups in total. The first-order valence-electron chi connectivity index (χ1n) is 4.51. The molecule has 0 bridgehead atoms. The fourth-order valence-corrected chi connectivity index (χ4v) is 1.42. The molecular weight excluding hydrogens is 162 g/mol. The normalized spacial score (nSPS) is 10.5. The third-order valence-corrected chi connectivity index (χ3v) is 2.13. The molecular formula is C10H13N3. The second-order valence-corrected chi connectivity index (χ2v) is 2.98. The Morgan fingerprint density at radius 1 is 1.23 bits per heavy atom.